The lowest BCUT2D eigenvalue weighted by molar-refractivity contribution is -0.729. The Balaban J connectivity index is 2.97. The van der Waals surface area contributed by atoms with Crippen LogP contribution in [0, 0.1) is 6.92 Å². The predicted molar refractivity (Wildman–Crippen MR) is 62.5 cm³/mol. The van der Waals surface area contributed by atoms with E-state index in [9.17, 15) is 13.0 Å². The van der Waals surface area contributed by atoms with Crippen molar-refractivity contribution in [3.8, 4) is 0 Å². The van der Waals surface area contributed by atoms with Gasteiger partial charge in [-0.1, -0.05) is 17.7 Å². The van der Waals surface area contributed by atoms with Gasteiger partial charge in [-0.3, -0.25) is 0 Å². The van der Waals surface area contributed by atoms with Crippen LogP contribution in [0.2, 0.25) is 0 Å². The Morgan fingerprint density at radius 1 is 1.29 bits per heavy atom. The Kier molecular flexibility index (Phi) is 2.89. The molecule has 4 nitrogen and oxygen atoms in total. The second kappa shape index (κ2) is 4.09. The summed E-state index contributed by atoms with van der Waals surface area (Å²) in [6.07, 6.45) is 1.63. The monoisotopic (exact) mass is 251 g/mol. The molecule has 1 aromatic heterocycles. The molecule has 0 saturated carbocycles. The predicted octanol–water partition coefficient (Wildman–Crippen LogP) is 1.36. The van der Waals surface area contributed by atoms with E-state index in [2.05, 4.69) is 0 Å². The maximum Gasteiger partial charge on any atom is 0.293 e. The molecule has 0 aliphatic rings. The molecule has 0 N–H and O–H groups in total. The average Bonchev–Trinajstić information content (AvgIpc) is 2.25. The van der Waals surface area contributed by atoms with Gasteiger partial charge in [-0.05, 0) is 25.3 Å². The highest BCUT2D eigenvalue weighted by molar-refractivity contribution is 7.85. The summed E-state index contributed by atoms with van der Waals surface area (Å²) in [6.45, 7) is 4.11. The molecule has 0 aliphatic carbocycles. The summed E-state index contributed by atoms with van der Waals surface area (Å²) in [5.74, 6) is 0. The quantitative estimate of drug-likeness (QED) is 0.598. The molecular formula is C12H13NO3S. The van der Waals surface area contributed by atoms with Crippen molar-refractivity contribution >= 4 is 20.9 Å². The summed E-state index contributed by atoms with van der Waals surface area (Å²) in [7, 11) is -4.48. The van der Waals surface area contributed by atoms with Gasteiger partial charge in [0.2, 0.25) is 0 Å². The fourth-order valence-electron chi connectivity index (χ4n) is 1.92. The molecule has 0 fully saturated rings. The summed E-state index contributed by atoms with van der Waals surface area (Å²) >= 11 is 0. The number of hydrogen-bond donors (Lipinski definition) is 0. The highest BCUT2D eigenvalue weighted by Gasteiger charge is 2.20. The lowest BCUT2D eigenvalue weighted by Crippen LogP contribution is -2.38. The van der Waals surface area contributed by atoms with E-state index >= 15 is 0 Å². The SMILES string of the molecule is CC[n+]1ccc2ccc(C)cc2c1S(=O)(=O)[O-]. The Hall–Kier alpha value is -1.46. The van der Waals surface area contributed by atoms with Crippen molar-refractivity contribution < 1.29 is 17.5 Å². The summed E-state index contributed by atoms with van der Waals surface area (Å²) in [5, 5.41) is 1.10. The fourth-order valence-corrected chi connectivity index (χ4v) is 2.84. The van der Waals surface area contributed by atoms with Crippen LogP contribution in [0.5, 0.6) is 0 Å². The van der Waals surface area contributed by atoms with Crippen molar-refractivity contribution in [2.75, 3.05) is 0 Å². The first kappa shape index (κ1) is 12.0. The Bertz CT molecular complexity index is 677. The summed E-state index contributed by atoms with van der Waals surface area (Å²) < 4.78 is 35.5. The number of nitrogens with zero attached hydrogens (tertiary/aromatic N) is 1. The highest BCUT2D eigenvalue weighted by atomic mass is 32.2. The molecule has 0 saturated heterocycles. The molecule has 1 heterocycles. The number of hydrogen-bond acceptors (Lipinski definition) is 3. The third kappa shape index (κ3) is 2.16. The van der Waals surface area contributed by atoms with Gasteiger partial charge >= 0.3 is 0 Å². The molecule has 2 aromatic rings. The number of fused-ring (bicyclic) bond motifs is 1. The summed E-state index contributed by atoms with van der Waals surface area (Å²) in [6, 6.07) is 7.25. The molecular weight excluding hydrogens is 238 g/mol. The molecule has 90 valence electrons. The van der Waals surface area contributed by atoms with E-state index < -0.39 is 10.1 Å². The van der Waals surface area contributed by atoms with E-state index in [1.165, 1.54) is 4.57 Å². The minimum Gasteiger partial charge on any atom is -0.740 e. The fraction of sp³-hybridized carbons (Fsp3) is 0.250. The molecule has 0 radical (unpaired) electrons. The molecule has 0 amide bonds. The second-order valence-corrected chi connectivity index (χ2v) is 5.25. The minimum atomic E-state index is -4.48. The van der Waals surface area contributed by atoms with Crippen LogP contribution in [0.4, 0.5) is 0 Å². The smallest absolute Gasteiger partial charge is 0.293 e. The van der Waals surface area contributed by atoms with Crippen LogP contribution in [0.3, 0.4) is 0 Å². The van der Waals surface area contributed by atoms with Gasteiger partial charge in [-0.2, -0.15) is 4.57 Å². The van der Waals surface area contributed by atoms with Crippen molar-refractivity contribution in [3.05, 3.63) is 36.0 Å². The van der Waals surface area contributed by atoms with Crippen LogP contribution in [0.1, 0.15) is 12.5 Å². The largest absolute Gasteiger partial charge is 0.740 e. The van der Waals surface area contributed by atoms with Gasteiger partial charge < -0.3 is 4.55 Å². The zero-order chi connectivity index (χ0) is 12.6. The van der Waals surface area contributed by atoms with Crippen LogP contribution >= 0.6 is 0 Å². The van der Waals surface area contributed by atoms with Gasteiger partial charge in [-0.25, -0.2) is 8.42 Å². The Morgan fingerprint density at radius 3 is 2.59 bits per heavy atom. The average molecular weight is 251 g/mol. The topological polar surface area (TPSA) is 61.1 Å². The van der Waals surface area contributed by atoms with Crippen LogP contribution < -0.4 is 4.57 Å². The molecule has 0 bridgehead atoms. The Morgan fingerprint density at radius 2 is 2.00 bits per heavy atom. The van der Waals surface area contributed by atoms with Gasteiger partial charge in [0.15, 0.2) is 16.3 Å². The highest BCUT2D eigenvalue weighted by Crippen LogP contribution is 2.20. The third-order valence-corrected chi connectivity index (χ3v) is 3.64. The van der Waals surface area contributed by atoms with Gasteiger partial charge in [0.1, 0.15) is 6.54 Å². The number of pyridine rings is 1. The molecule has 5 heteroatoms. The maximum absolute atomic E-state index is 11.4. The first-order chi connectivity index (χ1) is 7.93. The lowest BCUT2D eigenvalue weighted by Gasteiger charge is -2.09. The molecule has 0 aliphatic heterocycles. The standard InChI is InChI=1S/C12H13NO3S/c1-3-13-7-6-10-5-4-9(2)8-11(10)12(13)17(14,15)16/h4-8H,3H2,1-2H3. The normalized spacial score (nSPS) is 11.9. The first-order valence-corrected chi connectivity index (χ1v) is 6.73. The zero-order valence-corrected chi connectivity index (χ0v) is 10.5. The van der Waals surface area contributed by atoms with Crippen molar-refractivity contribution in [3.63, 3.8) is 0 Å². The van der Waals surface area contributed by atoms with Crippen LogP contribution in [0.25, 0.3) is 10.8 Å². The molecule has 17 heavy (non-hydrogen) atoms. The van der Waals surface area contributed by atoms with E-state index in [0.717, 1.165) is 10.9 Å². The number of rotatable bonds is 2. The van der Waals surface area contributed by atoms with E-state index in [-0.39, 0.29) is 5.03 Å². The van der Waals surface area contributed by atoms with Crippen molar-refractivity contribution in [2.24, 2.45) is 0 Å². The van der Waals surface area contributed by atoms with E-state index in [1.54, 1.807) is 19.2 Å². The van der Waals surface area contributed by atoms with Gasteiger partial charge in [0, 0.05) is 6.07 Å². The third-order valence-electron chi connectivity index (χ3n) is 2.71. The van der Waals surface area contributed by atoms with E-state index in [4.69, 9.17) is 0 Å². The van der Waals surface area contributed by atoms with Crippen LogP contribution in [-0.2, 0) is 16.7 Å². The van der Waals surface area contributed by atoms with Gasteiger partial charge in [-0.15, -0.1) is 0 Å². The zero-order valence-electron chi connectivity index (χ0n) is 9.67. The van der Waals surface area contributed by atoms with Gasteiger partial charge in [0.05, 0.1) is 5.39 Å². The minimum absolute atomic E-state index is 0.152. The van der Waals surface area contributed by atoms with Crippen LogP contribution in [0.15, 0.2) is 35.5 Å². The number of benzene rings is 1. The van der Waals surface area contributed by atoms with Crippen molar-refractivity contribution in [2.45, 2.75) is 25.4 Å². The van der Waals surface area contributed by atoms with E-state index in [1.807, 2.05) is 25.1 Å². The summed E-state index contributed by atoms with van der Waals surface area (Å²) in [5.41, 5.74) is 0.927. The first-order valence-electron chi connectivity index (χ1n) is 5.32. The second-order valence-electron chi connectivity index (χ2n) is 3.95. The van der Waals surface area contributed by atoms with Crippen LogP contribution in [-0.4, -0.2) is 13.0 Å². The van der Waals surface area contributed by atoms with Gasteiger partial charge in [0.25, 0.3) is 5.03 Å². The molecule has 1 aromatic carbocycles. The Labute approximate surface area is 100 Å². The maximum atomic E-state index is 11.4. The van der Waals surface area contributed by atoms with E-state index in [0.29, 0.717) is 11.9 Å². The molecule has 0 spiro atoms. The molecule has 2 rings (SSSR count). The van der Waals surface area contributed by atoms with Crippen molar-refractivity contribution in [1.29, 1.82) is 0 Å². The molecule has 0 unspecified atom stereocenters. The molecule has 0 atom stereocenters. The lowest BCUT2D eigenvalue weighted by atomic mass is 10.1. The van der Waals surface area contributed by atoms with Crippen molar-refractivity contribution in [1.82, 2.24) is 0 Å². The number of aryl methyl sites for hydroxylation is 2. The number of aromatic nitrogens is 1. The summed E-state index contributed by atoms with van der Waals surface area (Å²) in [4.78, 5) is 0.